The van der Waals surface area contributed by atoms with E-state index in [2.05, 4.69) is 10.4 Å². The lowest BCUT2D eigenvalue weighted by Gasteiger charge is -2.37. The molecule has 1 aromatic carbocycles. The van der Waals surface area contributed by atoms with Crippen LogP contribution in [-0.4, -0.2) is 142 Å². The van der Waals surface area contributed by atoms with Crippen LogP contribution in [0.4, 0.5) is 4.79 Å². The van der Waals surface area contributed by atoms with Gasteiger partial charge in [-0.05, 0) is 57.1 Å². The quantitative estimate of drug-likeness (QED) is 0.189. The highest BCUT2D eigenvalue weighted by Crippen LogP contribution is 2.27. The average molecular weight is 740 g/mol. The molecular weight excluding hydrogens is 690 g/mol. The minimum absolute atomic E-state index is 0.0708. The molecule has 3 aliphatic rings. The number of piperazine rings is 1. The number of carboxylic acids is 1. The average Bonchev–Trinajstić information content (AvgIpc) is 3.80. The molecule has 0 bridgehead atoms. The van der Waals surface area contributed by atoms with E-state index in [0.717, 1.165) is 25.7 Å². The maximum atomic E-state index is 13.6. The largest absolute Gasteiger partial charge is 0.527 e. The van der Waals surface area contributed by atoms with Gasteiger partial charge in [-0.1, -0.05) is 31.5 Å². The van der Waals surface area contributed by atoms with Crippen molar-refractivity contribution < 1.29 is 48.2 Å². The van der Waals surface area contributed by atoms with Gasteiger partial charge >= 0.3 is 12.1 Å². The predicted molar refractivity (Wildman–Crippen MR) is 188 cm³/mol. The van der Waals surface area contributed by atoms with Crippen LogP contribution in [0.2, 0.25) is 0 Å². The van der Waals surface area contributed by atoms with Crippen molar-refractivity contribution in [1.82, 2.24) is 34.9 Å². The number of hydrogen-bond acceptors (Lipinski definition) is 11. The van der Waals surface area contributed by atoms with E-state index in [9.17, 15) is 33.9 Å². The predicted octanol–water partition coefficient (Wildman–Crippen LogP) is 2.23. The first-order valence-electron chi connectivity index (χ1n) is 18.3. The molecule has 5 rings (SSSR count). The van der Waals surface area contributed by atoms with Gasteiger partial charge in [0.05, 0.1) is 25.4 Å². The topological polar surface area (TPSA) is 193 Å². The molecule has 17 nitrogen and oxygen atoms in total. The van der Waals surface area contributed by atoms with Gasteiger partial charge in [0, 0.05) is 45.2 Å². The molecule has 1 aliphatic carbocycles. The normalized spacial score (nSPS) is 18.1. The van der Waals surface area contributed by atoms with Crippen molar-refractivity contribution >= 4 is 35.8 Å². The minimum atomic E-state index is -1.19. The second kappa shape index (κ2) is 18.5. The van der Waals surface area contributed by atoms with E-state index >= 15 is 0 Å². The first-order chi connectivity index (χ1) is 25.5. The van der Waals surface area contributed by atoms with E-state index < -0.39 is 42.6 Å². The van der Waals surface area contributed by atoms with Gasteiger partial charge in [-0.15, -0.1) is 5.06 Å². The number of nitrogens with zero attached hydrogens (tertiary/aromatic N) is 6. The fourth-order valence-corrected chi connectivity index (χ4v) is 6.47. The summed E-state index contributed by atoms with van der Waals surface area (Å²) in [6.45, 7) is 2.96. The molecule has 0 unspecified atom stereocenters. The van der Waals surface area contributed by atoms with Crippen LogP contribution in [0.1, 0.15) is 75.2 Å². The molecule has 1 saturated carbocycles. The molecule has 0 spiro atoms. The van der Waals surface area contributed by atoms with Crippen LogP contribution in [0, 0.1) is 0 Å². The Labute approximate surface area is 308 Å². The molecule has 0 radical (unpaired) electrons. The number of hydroxylamine groups is 2. The summed E-state index contributed by atoms with van der Waals surface area (Å²) < 4.78 is 12.3. The van der Waals surface area contributed by atoms with Gasteiger partial charge in [0.25, 0.3) is 11.8 Å². The Morgan fingerprint density at radius 1 is 1.00 bits per heavy atom. The number of ether oxygens (including phenoxy) is 2. The lowest BCUT2D eigenvalue weighted by Crippen LogP contribution is -2.55. The Hall–Kier alpha value is -5.19. The number of unbranched alkanes of at least 4 members (excludes halogenated alkanes) is 1. The number of carbonyl (C=O) groups excluding carboxylic acids is 5. The fourth-order valence-electron chi connectivity index (χ4n) is 6.47. The Kier molecular flexibility index (Phi) is 13.6. The van der Waals surface area contributed by atoms with Gasteiger partial charge < -0.3 is 39.4 Å². The number of likely N-dealkylation sites (tertiary alicyclic amines) is 1. The second-order valence-electron chi connectivity index (χ2n) is 13.4. The maximum Gasteiger partial charge on any atom is 0.527 e. The SMILES string of the molecule is CCCCOC(=O)ON1CCN(C(=O)[C@H](CCC(=O)O)NC(=O)c2cc(OCC(=O)N3CCC[C@H]3C(=O)N(C)C3CCC3)n(-c3ccccc3)n2)CC1. The first-order valence-corrected chi connectivity index (χ1v) is 18.3. The van der Waals surface area contributed by atoms with Crippen LogP contribution in [0.25, 0.3) is 5.69 Å². The Morgan fingerprint density at radius 3 is 2.40 bits per heavy atom. The number of amides is 4. The number of carboxylic acid groups (broad SMARTS) is 1. The van der Waals surface area contributed by atoms with Crippen LogP contribution in [0.5, 0.6) is 5.88 Å². The van der Waals surface area contributed by atoms with Gasteiger partial charge in [0.1, 0.15) is 12.1 Å². The van der Waals surface area contributed by atoms with Crippen molar-refractivity contribution in [3.05, 3.63) is 42.1 Å². The molecule has 53 heavy (non-hydrogen) atoms. The van der Waals surface area contributed by atoms with Crippen molar-refractivity contribution in [2.45, 2.75) is 82.8 Å². The first kappa shape index (κ1) is 39.0. The lowest BCUT2D eigenvalue weighted by atomic mass is 9.91. The monoisotopic (exact) mass is 739 g/mol. The third-order valence-electron chi connectivity index (χ3n) is 9.80. The highest BCUT2D eigenvalue weighted by molar-refractivity contribution is 5.96. The Balaban J connectivity index is 1.24. The number of nitrogens with one attached hydrogen (secondary N) is 1. The number of aliphatic carboxylic acids is 1. The summed E-state index contributed by atoms with van der Waals surface area (Å²) in [5.74, 6) is -2.73. The van der Waals surface area contributed by atoms with Gasteiger partial charge in [-0.3, -0.25) is 24.0 Å². The number of aromatic nitrogens is 2. The molecule has 2 aliphatic heterocycles. The standard InChI is InChI=1S/C36H49N7O10/c1-3-4-22-51-36(50)53-41-20-18-40(19-21-41)34(48)27(15-16-32(45)46)37-33(47)28-23-31(43(38-28)26-10-6-5-7-11-26)52-24-30(44)42-17-9-14-29(42)35(49)39(2)25-12-8-13-25/h5-7,10-11,23,25,27,29H,3-4,8-9,12-22,24H2,1-2H3,(H,37,47)(H,45,46)/t27-,29-/m0/s1. The van der Waals surface area contributed by atoms with Crippen LogP contribution in [0.15, 0.2) is 36.4 Å². The zero-order valence-electron chi connectivity index (χ0n) is 30.3. The number of rotatable bonds is 16. The summed E-state index contributed by atoms with van der Waals surface area (Å²) in [6, 6.07) is 8.63. The van der Waals surface area contributed by atoms with Crippen LogP contribution in [0.3, 0.4) is 0 Å². The number of para-hydroxylation sites is 1. The van der Waals surface area contributed by atoms with Crippen LogP contribution in [-0.2, 0) is 28.8 Å². The summed E-state index contributed by atoms with van der Waals surface area (Å²) in [6.07, 6.45) is 4.48. The van der Waals surface area contributed by atoms with Crippen molar-refractivity contribution in [2.24, 2.45) is 0 Å². The molecular formula is C36H49N7O10. The minimum Gasteiger partial charge on any atom is -0.481 e. The zero-order chi connectivity index (χ0) is 37.9. The van der Waals surface area contributed by atoms with Crippen molar-refractivity contribution in [2.75, 3.05) is 53.0 Å². The molecule has 2 saturated heterocycles. The van der Waals surface area contributed by atoms with E-state index in [0.29, 0.717) is 31.5 Å². The number of carbonyl (C=O) groups is 6. The third-order valence-corrected chi connectivity index (χ3v) is 9.80. The van der Waals surface area contributed by atoms with Crippen LogP contribution < -0.4 is 10.1 Å². The molecule has 2 N–H and O–H groups in total. The maximum absolute atomic E-state index is 13.6. The third kappa shape index (κ3) is 10.2. The summed E-state index contributed by atoms with van der Waals surface area (Å²) in [5.41, 5.74) is 0.416. The highest BCUT2D eigenvalue weighted by Gasteiger charge is 2.39. The molecule has 1 aromatic heterocycles. The summed E-state index contributed by atoms with van der Waals surface area (Å²) >= 11 is 0. The smallest absolute Gasteiger partial charge is 0.481 e. The summed E-state index contributed by atoms with van der Waals surface area (Å²) in [7, 11) is 1.79. The van der Waals surface area contributed by atoms with E-state index in [1.54, 1.807) is 47.2 Å². The van der Waals surface area contributed by atoms with Gasteiger partial charge in [0.15, 0.2) is 12.3 Å². The van der Waals surface area contributed by atoms with Gasteiger partial charge in [-0.25, -0.2) is 9.48 Å². The number of likely N-dealkylation sites (N-methyl/N-ethyl adjacent to an activating group) is 1. The molecule has 3 fully saturated rings. The zero-order valence-corrected chi connectivity index (χ0v) is 30.3. The van der Waals surface area contributed by atoms with Gasteiger partial charge in [-0.2, -0.15) is 5.10 Å². The van der Waals surface area contributed by atoms with Gasteiger partial charge in [0.2, 0.25) is 17.7 Å². The number of benzene rings is 1. The Bertz CT molecular complexity index is 1610. The number of hydrogen-bond donors (Lipinski definition) is 2. The van der Waals surface area contributed by atoms with Crippen LogP contribution >= 0.6 is 0 Å². The van der Waals surface area contributed by atoms with Crippen molar-refractivity contribution in [3.63, 3.8) is 0 Å². The van der Waals surface area contributed by atoms with E-state index in [1.807, 2.05) is 6.92 Å². The van der Waals surface area contributed by atoms with Crippen molar-refractivity contribution in [3.8, 4) is 11.6 Å². The van der Waals surface area contributed by atoms with E-state index in [1.165, 1.54) is 20.7 Å². The molecule has 4 amide bonds. The summed E-state index contributed by atoms with van der Waals surface area (Å²) in [5, 5.41) is 17.8. The van der Waals surface area contributed by atoms with Crippen molar-refractivity contribution in [1.29, 1.82) is 0 Å². The Morgan fingerprint density at radius 2 is 1.74 bits per heavy atom. The highest BCUT2D eigenvalue weighted by atomic mass is 16.8. The second-order valence-corrected chi connectivity index (χ2v) is 13.4. The molecule has 288 valence electrons. The molecule has 2 atom stereocenters. The lowest BCUT2D eigenvalue weighted by molar-refractivity contribution is -0.158. The van der Waals surface area contributed by atoms with E-state index in [4.69, 9.17) is 14.3 Å². The van der Waals surface area contributed by atoms with E-state index in [-0.39, 0.29) is 75.1 Å². The fraction of sp³-hybridized carbons (Fsp3) is 0.583. The molecule has 17 heteroatoms. The summed E-state index contributed by atoms with van der Waals surface area (Å²) in [4.78, 5) is 87.3. The molecule has 2 aromatic rings. The molecule has 3 heterocycles.